The summed E-state index contributed by atoms with van der Waals surface area (Å²) in [6.45, 7) is 3.97. The highest BCUT2D eigenvalue weighted by atomic mass is 35.5. The molecule has 0 aliphatic carbocycles. The molecule has 1 fully saturated rings. The molecule has 174 valence electrons. The molecule has 2 aliphatic heterocycles. The van der Waals surface area contributed by atoms with Gasteiger partial charge < -0.3 is 24.8 Å². The lowest BCUT2D eigenvalue weighted by Gasteiger charge is -2.47. The van der Waals surface area contributed by atoms with Gasteiger partial charge in [0.05, 0.1) is 5.38 Å². The standard InChI is InChI=1S/C23H25ClN4O4S/c1-14-19(24)23(21(29)30,6-8-28(14)22-25-13-16-5-11-33-20(16)27-22)26-7-4-15-2-3-17-18(12-15)32-10-9-31-17/h2-3,5,11-14,19,26H,4,6-10H2,1H3,(H,29,30). The monoisotopic (exact) mass is 488 g/mol. The average Bonchev–Trinajstić information content (AvgIpc) is 3.29. The predicted molar refractivity (Wildman–Crippen MR) is 128 cm³/mol. The minimum atomic E-state index is -1.24. The molecular formula is C23H25ClN4O4S. The minimum Gasteiger partial charge on any atom is -0.486 e. The summed E-state index contributed by atoms with van der Waals surface area (Å²) in [6, 6.07) is 7.53. The van der Waals surface area contributed by atoms with Gasteiger partial charge in [0.2, 0.25) is 5.95 Å². The van der Waals surface area contributed by atoms with Gasteiger partial charge in [0, 0.05) is 30.7 Å². The molecule has 2 N–H and O–H groups in total. The number of nitrogens with zero attached hydrogens (tertiary/aromatic N) is 3. The Labute approximate surface area is 200 Å². The summed E-state index contributed by atoms with van der Waals surface area (Å²) in [4.78, 5) is 24.5. The Kier molecular flexibility index (Phi) is 6.03. The van der Waals surface area contributed by atoms with Crippen molar-refractivity contribution in [3.63, 3.8) is 0 Å². The first-order valence-corrected chi connectivity index (χ1v) is 12.3. The lowest BCUT2D eigenvalue weighted by Crippen LogP contribution is -2.68. The fourth-order valence-corrected chi connectivity index (χ4v) is 5.69. The van der Waals surface area contributed by atoms with Gasteiger partial charge in [-0.2, -0.15) is 0 Å². The third-order valence-corrected chi connectivity index (χ3v) is 7.99. The molecule has 3 atom stereocenters. The van der Waals surface area contributed by atoms with E-state index in [1.54, 1.807) is 17.5 Å². The summed E-state index contributed by atoms with van der Waals surface area (Å²) in [7, 11) is 0. The maximum atomic E-state index is 12.4. The first-order valence-electron chi connectivity index (χ1n) is 11.0. The van der Waals surface area contributed by atoms with Crippen molar-refractivity contribution in [2.24, 2.45) is 0 Å². The second-order valence-corrected chi connectivity index (χ2v) is 9.73. The van der Waals surface area contributed by atoms with Gasteiger partial charge in [-0.15, -0.1) is 22.9 Å². The van der Waals surface area contributed by atoms with Gasteiger partial charge in [-0.05, 0) is 48.9 Å². The molecule has 0 radical (unpaired) electrons. The van der Waals surface area contributed by atoms with E-state index in [-0.39, 0.29) is 6.04 Å². The molecular weight excluding hydrogens is 464 g/mol. The summed E-state index contributed by atoms with van der Waals surface area (Å²) in [5, 5.41) is 15.7. The quantitative estimate of drug-likeness (QED) is 0.510. The average molecular weight is 489 g/mol. The summed E-state index contributed by atoms with van der Waals surface area (Å²) in [6.07, 6.45) is 2.79. The van der Waals surface area contributed by atoms with Crippen LogP contribution in [-0.2, 0) is 11.2 Å². The van der Waals surface area contributed by atoms with Crippen LogP contribution in [0, 0.1) is 0 Å². The number of halogens is 1. The van der Waals surface area contributed by atoms with Crippen LogP contribution in [0.15, 0.2) is 35.8 Å². The van der Waals surface area contributed by atoms with E-state index in [0.717, 1.165) is 27.3 Å². The third kappa shape index (κ3) is 4.09. The smallest absolute Gasteiger partial charge is 0.325 e. The van der Waals surface area contributed by atoms with Crippen LogP contribution in [0.1, 0.15) is 18.9 Å². The molecule has 0 bridgehead atoms. The van der Waals surface area contributed by atoms with Gasteiger partial charge in [-0.3, -0.25) is 4.79 Å². The molecule has 5 rings (SSSR count). The predicted octanol–water partition coefficient (Wildman–Crippen LogP) is 3.32. The molecule has 0 amide bonds. The number of nitrogens with one attached hydrogen (secondary N) is 1. The fourth-order valence-electron chi connectivity index (χ4n) is 4.54. The van der Waals surface area contributed by atoms with Crippen molar-refractivity contribution in [3.05, 3.63) is 41.4 Å². The Bertz CT molecular complexity index is 1170. The summed E-state index contributed by atoms with van der Waals surface area (Å²) in [5.74, 6) is 1.11. The number of piperidine rings is 1. The number of aliphatic carboxylic acids is 1. The number of thiophene rings is 1. The van der Waals surface area contributed by atoms with Crippen LogP contribution >= 0.6 is 22.9 Å². The molecule has 1 saturated heterocycles. The number of fused-ring (bicyclic) bond motifs is 2. The molecule has 0 spiro atoms. The Balaban J connectivity index is 1.29. The number of carboxylic acids is 1. The van der Waals surface area contributed by atoms with E-state index in [2.05, 4.69) is 15.3 Å². The molecule has 4 heterocycles. The van der Waals surface area contributed by atoms with Gasteiger partial charge in [-0.25, -0.2) is 9.97 Å². The summed E-state index contributed by atoms with van der Waals surface area (Å²) in [5.41, 5.74) is -0.195. The van der Waals surface area contributed by atoms with Crippen LogP contribution in [0.5, 0.6) is 11.5 Å². The maximum Gasteiger partial charge on any atom is 0.325 e. The molecule has 2 aliphatic rings. The highest BCUT2D eigenvalue weighted by Crippen LogP contribution is 2.35. The van der Waals surface area contributed by atoms with Gasteiger partial charge >= 0.3 is 5.97 Å². The van der Waals surface area contributed by atoms with E-state index < -0.39 is 16.9 Å². The number of ether oxygens (including phenoxy) is 2. The lowest BCUT2D eigenvalue weighted by atomic mass is 9.82. The van der Waals surface area contributed by atoms with Crippen LogP contribution < -0.4 is 19.7 Å². The van der Waals surface area contributed by atoms with Crippen molar-refractivity contribution in [1.82, 2.24) is 15.3 Å². The van der Waals surface area contributed by atoms with E-state index in [1.807, 2.05) is 41.5 Å². The van der Waals surface area contributed by atoms with Crippen molar-refractivity contribution in [3.8, 4) is 11.5 Å². The van der Waals surface area contributed by atoms with Gasteiger partial charge in [0.1, 0.15) is 23.6 Å². The number of hydrogen-bond donors (Lipinski definition) is 2. The topological polar surface area (TPSA) is 96.8 Å². The molecule has 8 nitrogen and oxygen atoms in total. The van der Waals surface area contributed by atoms with E-state index in [4.69, 9.17) is 21.1 Å². The number of anilines is 1. The van der Waals surface area contributed by atoms with Crippen molar-refractivity contribution >= 4 is 45.1 Å². The molecule has 1 aromatic carbocycles. The van der Waals surface area contributed by atoms with Gasteiger partial charge in [0.25, 0.3) is 0 Å². The van der Waals surface area contributed by atoms with E-state index in [1.165, 1.54) is 0 Å². The van der Waals surface area contributed by atoms with Crippen LogP contribution in [-0.4, -0.2) is 64.3 Å². The van der Waals surface area contributed by atoms with E-state index in [9.17, 15) is 9.90 Å². The Hall–Kier alpha value is -2.62. The number of alkyl halides is 1. The second kappa shape index (κ2) is 8.96. The fraction of sp³-hybridized carbons (Fsp3) is 0.435. The van der Waals surface area contributed by atoms with E-state index >= 15 is 0 Å². The number of carboxylic acid groups (broad SMARTS) is 1. The normalized spacial score (nSPS) is 24.7. The first-order chi connectivity index (χ1) is 16.0. The van der Waals surface area contributed by atoms with Crippen LogP contribution in [0.4, 0.5) is 5.95 Å². The lowest BCUT2D eigenvalue weighted by molar-refractivity contribution is -0.146. The van der Waals surface area contributed by atoms with Crippen molar-refractivity contribution < 1.29 is 19.4 Å². The minimum absolute atomic E-state index is 0.268. The summed E-state index contributed by atoms with van der Waals surface area (Å²) >= 11 is 8.38. The van der Waals surface area contributed by atoms with Crippen LogP contribution in [0.25, 0.3) is 10.2 Å². The highest BCUT2D eigenvalue weighted by molar-refractivity contribution is 7.16. The number of carbonyl (C=O) groups is 1. The Morgan fingerprint density at radius 2 is 2.15 bits per heavy atom. The number of hydrogen-bond acceptors (Lipinski definition) is 8. The number of benzene rings is 1. The van der Waals surface area contributed by atoms with Crippen LogP contribution in [0.2, 0.25) is 0 Å². The number of rotatable bonds is 6. The molecule has 0 saturated carbocycles. The molecule has 3 unspecified atom stereocenters. The molecule has 3 aromatic rings. The van der Waals surface area contributed by atoms with Crippen molar-refractivity contribution in [2.45, 2.75) is 36.7 Å². The highest BCUT2D eigenvalue weighted by Gasteiger charge is 2.52. The van der Waals surface area contributed by atoms with Crippen LogP contribution in [0.3, 0.4) is 0 Å². The molecule has 33 heavy (non-hydrogen) atoms. The van der Waals surface area contributed by atoms with Crippen molar-refractivity contribution in [2.75, 3.05) is 31.2 Å². The summed E-state index contributed by atoms with van der Waals surface area (Å²) < 4.78 is 11.2. The molecule has 2 aromatic heterocycles. The zero-order chi connectivity index (χ0) is 23.0. The Morgan fingerprint density at radius 3 is 2.97 bits per heavy atom. The van der Waals surface area contributed by atoms with Gasteiger partial charge in [-0.1, -0.05) is 6.07 Å². The first kappa shape index (κ1) is 22.2. The maximum absolute atomic E-state index is 12.4. The van der Waals surface area contributed by atoms with E-state index in [0.29, 0.717) is 45.1 Å². The zero-order valence-electron chi connectivity index (χ0n) is 18.2. The van der Waals surface area contributed by atoms with Gasteiger partial charge in [0.15, 0.2) is 11.5 Å². The largest absolute Gasteiger partial charge is 0.486 e. The second-order valence-electron chi connectivity index (χ2n) is 8.37. The number of aromatic nitrogens is 2. The van der Waals surface area contributed by atoms with Crippen molar-refractivity contribution in [1.29, 1.82) is 0 Å². The SMILES string of the molecule is CC1C(Cl)C(NCCc2ccc3c(c2)OCCO3)(C(=O)O)CCN1c1ncc2ccsc2n1. The Morgan fingerprint density at radius 1 is 1.33 bits per heavy atom. The zero-order valence-corrected chi connectivity index (χ0v) is 19.7. The molecule has 10 heteroatoms. The third-order valence-electron chi connectivity index (χ3n) is 6.43.